The number of ether oxygens (including phenoxy) is 2. The van der Waals surface area contributed by atoms with Crippen LogP contribution in [-0.2, 0) is 22.6 Å². The first-order valence-electron chi connectivity index (χ1n) is 12.1. The smallest absolute Gasteiger partial charge is 0.248 e. The van der Waals surface area contributed by atoms with E-state index in [0.29, 0.717) is 13.2 Å². The van der Waals surface area contributed by atoms with E-state index in [1.54, 1.807) is 7.11 Å². The molecule has 7 nitrogen and oxygen atoms in total. The second-order valence-electron chi connectivity index (χ2n) is 8.88. The van der Waals surface area contributed by atoms with E-state index in [-0.39, 0.29) is 12.5 Å². The molecule has 0 bridgehead atoms. The molecule has 1 amide bonds. The van der Waals surface area contributed by atoms with Gasteiger partial charge in [-0.1, -0.05) is 42.5 Å². The van der Waals surface area contributed by atoms with Crippen molar-refractivity contribution in [3.63, 3.8) is 0 Å². The molecule has 2 heterocycles. The summed E-state index contributed by atoms with van der Waals surface area (Å²) in [5, 5.41) is 0. The van der Waals surface area contributed by atoms with Crippen LogP contribution in [0.3, 0.4) is 0 Å². The third-order valence-electron chi connectivity index (χ3n) is 6.33. The van der Waals surface area contributed by atoms with Gasteiger partial charge in [-0.15, -0.1) is 0 Å². The zero-order valence-corrected chi connectivity index (χ0v) is 20.9. The third kappa shape index (κ3) is 6.57. The van der Waals surface area contributed by atoms with Crippen LogP contribution in [-0.4, -0.2) is 60.7 Å². The highest BCUT2D eigenvalue weighted by Gasteiger charge is 2.23. The minimum absolute atomic E-state index is 0.0382. The van der Waals surface area contributed by atoms with Gasteiger partial charge >= 0.3 is 0 Å². The number of benzene rings is 2. The molecule has 1 aliphatic heterocycles. The van der Waals surface area contributed by atoms with Crippen molar-refractivity contribution in [2.75, 3.05) is 44.8 Å². The topological polar surface area (TPSA) is 67.8 Å². The first-order valence-corrected chi connectivity index (χ1v) is 12.1. The van der Waals surface area contributed by atoms with Crippen molar-refractivity contribution in [1.82, 2.24) is 14.9 Å². The molecule has 0 spiro atoms. The summed E-state index contributed by atoms with van der Waals surface area (Å²) in [6.07, 6.45) is 1.63. The third-order valence-corrected chi connectivity index (χ3v) is 6.33. The van der Waals surface area contributed by atoms with E-state index in [1.807, 2.05) is 54.3 Å². The maximum Gasteiger partial charge on any atom is 0.248 e. The molecule has 0 atom stereocenters. The van der Waals surface area contributed by atoms with Crippen molar-refractivity contribution >= 4 is 11.7 Å². The van der Waals surface area contributed by atoms with Crippen molar-refractivity contribution in [2.45, 2.75) is 33.3 Å². The van der Waals surface area contributed by atoms with Crippen LogP contribution in [0.15, 0.2) is 54.6 Å². The first-order chi connectivity index (χ1) is 17.0. The van der Waals surface area contributed by atoms with Crippen molar-refractivity contribution in [3.05, 3.63) is 82.8 Å². The van der Waals surface area contributed by atoms with Crippen molar-refractivity contribution in [1.29, 1.82) is 0 Å². The monoisotopic (exact) mass is 474 g/mol. The Labute approximate surface area is 207 Å². The zero-order valence-electron chi connectivity index (χ0n) is 20.9. The predicted octanol–water partition coefficient (Wildman–Crippen LogP) is 3.95. The van der Waals surface area contributed by atoms with Gasteiger partial charge in [0.15, 0.2) is 0 Å². The highest BCUT2D eigenvalue weighted by atomic mass is 16.5. The lowest BCUT2D eigenvalue weighted by Gasteiger charge is -2.26. The Kier molecular flexibility index (Phi) is 8.32. The van der Waals surface area contributed by atoms with Gasteiger partial charge in [0.1, 0.15) is 24.0 Å². The number of amides is 1. The van der Waals surface area contributed by atoms with Gasteiger partial charge in [-0.2, -0.15) is 0 Å². The number of rotatable bonds is 8. The average molecular weight is 475 g/mol. The SMILES string of the molecule is COc1ccc(Cc2c(C)nc(C)nc2N2CCCN(C(=O)COCc3ccccc3)CC2)cc1. The molecule has 0 aliphatic carbocycles. The number of hydrogen-bond acceptors (Lipinski definition) is 6. The number of hydrogen-bond donors (Lipinski definition) is 0. The van der Waals surface area contributed by atoms with E-state index in [9.17, 15) is 4.79 Å². The van der Waals surface area contributed by atoms with Gasteiger partial charge in [-0.3, -0.25) is 4.79 Å². The molecule has 184 valence electrons. The Morgan fingerprint density at radius 1 is 0.914 bits per heavy atom. The van der Waals surface area contributed by atoms with Gasteiger partial charge in [0.05, 0.1) is 13.7 Å². The summed E-state index contributed by atoms with van der Waals surface area (Å²) in [6.45, 7) is 7.48. The molecule has 35 heavy (non-hydrogen) atoms. The lowest BCUT2D eigenvalue weighted by molar-refractivity contribution is -0.136. The van der Waals surface area contributed by atoms with E-state index < -0.39 is 0 Å². The molecule has 4 rings (SSSR count). The lowest BCUT2D eigenvalue weighted by atomic mass is 10.0. The molecule has 0 N–H and O–H groups in total. The Morgan fingerprint density at radius 2 is 1.69 bits per heavy atom. The largest absolute Gasteiger partial charge is 0.497 e. The number of carbonyl (C=O) groups is 1. The van der Waals surface area contributed by atoms with Crippen molar-refractivity contribution < 1.29 is 14.3 Å². The van der Waals surface area contributed by atoms with Crippen LogP contribution in [0.1, 0.15) is 34.6 Å². The van der Waals surface area contributed by atoms with Gasteiger partial charge in [0, 0.05) is 43.9 Å². The van der Waals surface area contributed by atoms with Gasteiger partial charge in [-0.05, 0) is 43.5 Å². The molecule has 0 saturated carbocycles. The fourth-order valence-corrected chi connectivity index (χ4v) is 4.43. The highest BCUT2D eigenvalue weighted by molar-refractivity contribution is 5.77. The summed E-state index contributed by atoms with van der Waals surface area (Å²) in [5.74, 6) is 2.62. The minimum atomic E-state index is 0.0382. The van der Waals surface area contributed by atoms with Crippen molar-refractivity contribution in [2.24, 2.45) is 0 Å². The molecule has 1 aromatic heterocycles. The molecular formula is C28H34N4O3. The second kappa shape index (κ2) is 11.8. The van der Waals surface area contributed by atoms with E-state index in [4.69, 9.17) is 14.5 Å². The summed E-state index contributed by atoms with van der Waals surface area (Å²) < 4.78 is 11.0. The number of anilines is 1. The number of methoxy groups -OCH3 is 1. The second-order valence-corrected chi connectivity index (χ2v) is 8.88. The van der Waals surface area contributed by atoms with Gasteiger partial charge in [0.25, 0.3) is 0 Å². The number of aromatic nitrogens is 2. The van der Waals surface area contributed by atoms with E-state index >= 15 is 0 Å². The number of nitrogens with zero attached hydrogens (tertiary/aromatic N) is 4. The summed E-state index contributed by atoms with van der Waals surface area (Å²) in [4.78, 5) is 26.5. The summed E-state index contributed by atoms with van der Waals surface area (Å²) in [5.41, 5.74) is 4.38. The minimum Gasteiger partial charge on any atom is -0.497 e. The van der Waals surface area contributed by atoms with Gasteiger partial charge in [0.2, 0.25) is 5.91 Å². The molecule has 1 aliphatic rings. The van der Waals surface area contributed by atoms with Gasteiger partial charge in [-0.25, -0.2) is 9.97 Å². The Morgan fingerprint density at radius 3 is 2.43 bits per heavy atom. The van der Waals surface area contributed by atoms with Gasteiger partial charge < -0.3 is 19.3 Å². The Bertz CT molecular complexity index is 1120. The summed E-state index contributed by atoms with van der Waals surface area (Å²) in [6, 6.07) is 18.1. The molecule has 0 radical (unpaired) electrons. The standard InChI is InChI=1S/C28H34N4O3/c1-21-26(18-23-10-12-25(34-3)13-11-23)28(30-22(2)29-21)32-15-7-14-31(16-17-32)27(33)20-35-19-24-8-5-4-6-9-24/h4-6,8-13H,7,14-20H2,1-3H3. The van der Waals surface area contributed by atoms with Crippen LogP contribution >= 0.6 is 0 Å². The molecule has 7 heteroatoms. The van der Waals surface area contributed by atoms with Crippen LogP contribution in [0.25, 0.3) is 0 Å². The van der Waals surface area contributed by atoms with Crippen LogP contribution in [0.2, 0.25) is 0 Å². The number of aryl methyl sites for hydroxylation is 2. The molecule has 2 aromatic carbocycles. The van der Waals surface area contributed by atoms with Crippen LogP contribution in [0.4, 0.5) is 5.82 Å². The van der Waals surface area contributed by atoms with E-state index in [2.05, 4.69) is 28.9 Å². The quantitative estimate of drug-likeness (QED) is 0.493. The Hall–Kier alpha value is -3.45. The maximum absolute atomic E-state index is 12.8. The first kappa shape index (κ1) is 24.7. The molecule has 1 saturated heterocycles. The molecular weight excluding hydrogens is 440 g/mol. The predicted molar refractivity (Wildman–Crippen MR) is 137 cm³/mol. The van der Waals surface area contributed by atoms with Crippen LogP contribution in [0.5, 0.6) is 5.75 Å². The lowest BCUT2D eigenvalue weighted by Crippen LogP contribution is -2.37. The van der Waals surface area contributed by atoms with Crippen LogP contribution < -0.4 is 9.64 Å². The van der Waals surface area contributed by atoms with E-state index in [0.717, 1.165) is 66.7 Å². The van der Waals surface area contributed by atoms with E-state index in [1.165, 1.54) is 5.56 Å². The van der Waals surface area contributed by atoms with Crippen molar-refractivity contribution in [3.8, 4) is 5.75 Å². The highest BCUT2D eigenvalue weighted by Crippen LogP contribution is 2.26. The normalized spacial score (nSPS) is 14.0. The maximum atomic E-state index is 12.8. The fraction of sp³-hybridized carbons (Fsp3) is 0.393. The fourth-order valence-electron chi connectivity index (χ4n) is 4.43. The number of carbonyl (C=O) groups excluding carboxylic acids is 1. The molecule has 3 aromatic rings. The molecule has 0 unspecified atom stereocenters. The molecule has 1 fully saturated rings. The average Bonchev–Trinajstić information content (AvgIpc) is 3.13. The summed E-state index contributed by atoms with van der Waals surface area (Å²) in [7, 11) is 1.67. The Balaban J connectivity index is 1.41. The van der Waals surface area contributed by atoms with Crippen LogP contribution in [0, 0.1) is 13.8 Å². The summed E-state index contributed by atoms with van der Waals surface area (Å²) >= 11 is 0. The zero-order chi connectivity index (χ0) is 24.6.